The van der Waals surface area contributed by atoms with Gasteiger partial charge in [-0.1, -0.05) is 6.42 Å². The van der Waals surface area contributed by atoms with Gasteiger partial charge in [0.25, 0.3) is 5.56 Å². The highest BCUT2D eigenvalue weighted by molar-refractivity contribution is 4.99. The van der Waals surface area contributed by atoms with E-state index in [9.17, 15) is 4.79 Å². The Bertz CT molecular complexity index is 752. The molecule has 1 unspecified atom stereocenters. The van der Waals surface area contributed by atoms with Crippen LogP contribution >= 0.6 is 0 Å². The Hall–Kier alpha value is -2.02. The molecule has 0 spiro atoms. The molecule has 0 N–H and O–H groups in total. The summed E-state index contributed by atoms with van der Waals surface area (Å²) in [5, 5.41) is 13.1. The molecular weight excluding hydrogens is 304 g/mol. The third-order valence-electron chi connectivity index (χ3n) is 5.20. The van der Waals surface area contributed by atoms with Crippen LogP contribution in [0.5, 0.6) is 0 Å². The number of aromatic nitrogens is 5. The lowest BCUT2D eigenvalue weighted by Crippen LogP contribution is -2.37. The fourth-order valence-corrected chi connectivity index (χ4v) is 3.88. The number of aryl methyl sites for hydroxylation is 1. The minimum absolute atomic E-state index is 0.0271. The van der Waals surface area contributed by atoms with E-state index in [1.807, 2.05) is 0 Å². The molecule has 0 saturated carbocycles. The molecule has 2 aliphatic heterocycles. The van der Waals surface area contributed by atoms with Crippen molar-refractivity contribution in [2.75, 3.05) is 6.54 Å². The van der Waals surface area contributed by atoms with Gasteiger partial charge < -0.3 is 4.57 Å². The maximum absolute atomic E-state index is 11.9. The van der Waals surface area contributed by atoms with E-state index in [0.717, 1.165) is 50.5 Å². The zero-order valence-corrected chi connectivity index (χ0v) is 14.0. The second-order valence-corrected chi connectivity index (χ2v) is 6.81. The van der Waals surface area contributed by atoms with Gasteiger partial charge in [0.1, 0.15) is 11.6 Å². The van der Waals surface area contributed by atoms with Gasteiger partial charge in [-0.2, -0.15) is 5.10 Å². The number of fused-ring (bicyclic) bond motifs is 1. The molecule has 2 aromatic heterocycles. The van der Waals surface area contributed by atoms with E-state index in [-0.39, 0.29) is 5.56 Å². The van der Waals surface area contributed by atoms with Crippen molar-refractivity contribution in [2.24, 2.45) is 0 Å². The topological polar surface area (TPSA) is 68.8 Å². The standard InChI is InChI=1S/C17H24N6O/c24-17-8-4-9-18-23(17)12-14-6-5-10-21(14)13-16-20-19-15-7-2-1-3-11-22(15)16/h4,8-9,14H,1-3,5-7,10-13H2. The summed E-state index contributed by atoms with van der Waals surface area (Å²) in [4.78, 5) is 14.3. The van der Waals surface area contributed by atoms with Crippen LogP contribution in [0.15, 0.2) is 23.1 Å². The smallest absolute Gasteiger partial charge is 0.266 e. The predicted molar refractivity (Wildman–Crippen MR) is 89.5 cm³/mol. The Morgan fingerprint density at radius 3 is 3.00 bits per heavy atom. The van der Waals surface area contributed by atoms with Gasteiger partial charge in [0.05, 0.1) is 13.1 Å². The third-order valence-corrected chi connectivity index (χ3v) is 5.20. The Labute approximate surface area is 141 Å². The maximum atomic E-state index is 11.9. The first kappa shape index (κ1) is 15.5. The quantitative estimate of drug-likeness (QED) is 0.844. The predicted octanol–water partition coefficient (Wildman–Crippen LogP) is 1.23. The van der Waals surface area contributed by atoms with Crippen molar-refractivity contribution in [3.8, 4) is 0 Å². The lowest BCUT2D eigenvalue weighted by Gasteiger charge is -2.24. The molecule has 24 heavy (non-hydrogen) atoms. The van der Waals surface area contributed by atoms with Crippen molar-refractivity contribution in [2.45, 2.75) is 64.2 Å². The molecule has 2 aliphatic rings. The van der Waals surface area contributed by atoms with Gasteiger partial charge >= 0.3 is 0 Å². The normalized spacial score (nSPS) is 21.6. The van der Waals surface area contributed by atoms with Crippen LogP contribution in [0, 0.1) is 0 Å². The molecule has 4 heterocycles. The molecule has 128 valence electrons. The van der Waals surface area contributed by atoms with E-state index in [0.29, 0.717) is 12.6 Å². The number of hydrogen-bond donors (Lipinski definition) is 0. The summed E-state index contributed by atoms with van der Waals surface area (Å²) in [5.74, 6) is 2.21. The van der Waals surface area contributed by atoms with Gasteiger partial charge in [-0.25, -0.2) is 4.68 Å². The highest BCUT2D eigenvalue weighted by Crippen LogP contribution is 2.22. The molecular formula is C17H24N6O. The largest absolute Gasteiger partial charge is 0.314 e. The average molecular weight is 328 g/mol. The van der Waals surface area contributed by atoms with E-state index in [1.165, 1.54) is 19.3 Å². The molecule has 7 nitrogen and oxygen atoms in total. The molecule has 2 aromatic rings. The number of rotatable bonds is 4. The first-order valence-electron chi connectivity index (χ1n) is 8.98. The van der Waals surface area contributed by atoms with E-state index >= 15 is 0 Å². The molecule has 0 bridgehead atoms. The molecule has 4 rings (SSSR count). The summed E-state index contributed by atoms with van der Waals surface area (Å²) in [5.41, 5.74) is -0.0271. The number of nitrogens with zero attached hydrogens (tertiary/aromatic N) is 6. The van der Waals surface area contributed by atoms with Crippen LogP contribution in [0.2, 0.25) is 0 Å². The highest BCUT2D eigenvalue weighted by atomic mass is 16.1. The Morgan fingerprint density at radius 1 is 1.12 bits per heavy atom. The summed E-state index contributed by atoms with van der Waals surface area (Å²) >= 11 is 0. The van der Waals surface area contributed by atoms with Crippen LogP contribution < -0.4 is 5.56 Å². The summed E-state index contributed by atoms with van der Waals surface area (Å²) < 4.78 is 3.89. The number of likely N-dealkylation sites (tertiary alicyclic amines) is 1. The van der Waals surface area contributed by atoms with Gasteiger partial charge in [-0.3, -0.25) is 9.69 Å². The zero-order chi connectivity index (χ0) is 16.4. The first-order valence-corrected chi connectivity index (χ1v) is 8.98. The molecule has 7 heteroatoms. The maximum Gasteiger partial charge on any atom is 0.266 e. The van der Waals surface area contributed by atoms with Gasteiger partial charge in [-0.15, -0.1) is 10.2 Å². The molecule has 1 atom stereocenters. The fraction of sp³-hybridized carbons (Fsp3) is 0.647. The lowest BCUT2D eigenvalue weighted by atomic mass is 10.2. The first-order chi connectivity index (χ1) is 11.8. The average Bonchev–Trinajstić information content (AvgIpc) is 3.10. The summed E-state index contributed by atoms with van der Waals surface area (Å²) in [7, 11) is 0. The van der Waals surface area contributed by atoms with Crippen LogP contribution in [0.4, 0.5) is 0 Å². The van der Waals surface area contributed by atoms with Crippen LogP contribution in [0.3, 0.4) is 0 Å². The minimum Gasteiger partial charge on any atom is -0.314 e. The van der Waals surface area contributed by atoms with Gasteiger partial charge in [0.2, 0.25) is 0 Å². The third kappa shape index (κ3) is 3.13. The van der Waals surface area contributed by atoms with Crippen LogP contribution in [0.25, 0.3) is 0 Å². The van der Waals surface area contributed by atoms with Gasteiger partial charge in [-0.05, 0) is 38.3 Å². The minimum atomic E-state index is -0.0271. The van der Waals surface area contributed by atoms with E-state index in [2.05, 4.69) is 24.8 Å². The monoisotopic (exact) mass is 328 g/mol. The molecule has 0 aromatic carbocycles. The molecule has 0 radical (unpaired) electrons. The molecule has 0 amide bonds. The van der Waals surface area contributed by atoms with Crippen LogP contribution in [-0.2, 0) is 26.1 Å². The van der Waals surface area contributed by atoms with Crippen molar-refractivity contribution in [1.82, 2.24) is 29.4 Å². The van der Waals surface area contributed by atoms with Gasteiger partial charge in [0, 0.05) is 31.3 Å². The summed E-state index contributed by atoms with van der Waals surface area (Å²) in [6.07, 6.45) is 8.69. The van der Waals surface area contributed by atoms with Crippen LogP contribution in [-0.4, -0.2) is 42.0 Å². The molecule has 1 fully saturated rings. The Morgan fingerprint density at radius 2 is 2.08 bits per heavy atom. The fourth-order valence-electron chi connectivity index (χ4n) is 3.88. The second kappa shape index (κ2) is 6.84. The van der Waals surface area contributed by atoms with Crippen LogP contribution in [0.1, 0.15) is 43.8 Å². The van der Waals surface area contributed by atoms with Crippen molar-refractivity contribution < 1.29 is 0 Å². The molecule has 0 aliphatic carbocycles. The zero-order valence-electron chi connectivity index (χ0n) is 14.0. The van der Waals surface area contributed by atoms with Gasteiger partial charge in [0.15, 0.2) is 0 Å². The second-order valence-electron chi connectivity index (χ2n) is 6.81. The molecule has 1 saturated heterocycles. The van der Waals surface area contributed by atoms with E-state index < -0.39 is 0 Å². The Kier molecular flexibility index (Phi) is 4.42. The highest BCUT2D eigenvalue weighted by Gasteiger charge is 2.27. The number of hydrogen-bond acceptors (Lipinski definition) is 5. The van der Waals surface area contributed by atoms with E-state index in [1.54, 1.807) is 23.0 Å². The van der Waals surface area contributed by atoms with E-state index in [4.69, 9.17) is 0 Å². The van der Waals surface area contributed by atoms with Crippen molar-refractivity contribution >= 4 is 0 Å². The summed E-state index contributed by atoms with van der Waals surface area (Å²) in [6, 6.07) is 3.61. The SMILES string of the molecule is O=c1cccnn1CC1CCCN1Cc1nnc2n1CCCCC2. The summed E-state index contributed by atoms with van der Waals surface area (Å²) in [6.45, 7) is 3.56. The van der Waals surface area contributed by atoms with Crippen molar-refractivity contribution in [3.63, 3.8) is 0 Å². The van der Waals surface area contributed by atoms with Crippen molar-refractivity contribution in [1.29, 1.82) is 0 Å². The van der Waals surface area contributed by atoms with Crippen molar-refractivity contribution in [3.05, 3.63) is 40.3 Å². The Balaban J connectivity index is 1.49. The lowest BCUT2D eigenvalue weighted by molar-refractivity contribution is 0.209.